The fourth-order valence-electron chi connectivity index (χ4n) is 3.32. The number of hydrogen-bond acceptors (Lipinski definition) is 3. The van der Waals surface area contributed by atoms with Gasteiger partial charge in [0.05, 0.1) is 12.7 Å². The lowest BCUT2D eigenvalue weighted by Gasteiger charge is -2.11. The summed E-state index contributed by atoms with van der Waals surface area (Å²) in [6, 6.07) is 12.9. The van der Waals surface area contributed by atoms with Crippen molar-refractivity contribution in [3.63, 3.8) is 0 Å². The van der Waals surface area contributed by atoms with E-state index in [0.717, 1.165) is 46.2 Å². The van der Waals surface area contributed by atoms with E-state index >= 15 is 0 Å². The fourth-order valence-corrected chi connectivity index (χ4v) is 3.32. The van der Waals surface area contributed by atoms with Gasteiger partial charge >= 0.3 is 0 Å². The molecule has 4 rings (SSSR count). The Bertz CT molecular complexity index is 1140. The van der Waals surface area contributed by atoms with Gasteiger partial charge in [-0.3, -0.25) is 0 Å². The number of benzene rings is 3. The second-order valence-electron chi connectivity index (χ2n) is 6.47. The predicted octanol–water partition coefficient (Wildman–Crippen LogP) is 6.07. The molecular weight excluding hydrogens is 348 g/mol. The van der Waals surface area contributed by atoms with Crippen LogP contribution < -0.4 is 4.74 Å². The number of hydrogen-bond donors (Lipinski definition) is 0. The van der Waals surface area contributed by atoms with Gasteiger partial charge in [-0.15, -0.1) is 0 Å². The number of ether oxygens (including phenoxy) is 1. The molecule has 0 aliphatic rings. The molecule has 3 nitrogen and oxygen atoms in total. The Kier molecular flexibility index (Phi) is 4.15. The minimum Gasteiger partial charge on any atom is -0.496 e. The number of nitrogens with zero attached hydrogens (tertiary/aromatic N) is 1. The quantitative estimate of drug-likeness (QED) is 0.442. The van der Waals surface area contributed by atoms with Gasteiger partial charge in [-0.05, 0) is 78.6 Å². The van der Waals surface area contributed by atoms with Gasteiger partial charge in [0.1, 0.15) is 22.9 Å². The average Bonchev–Trinajstić information content (AvgIpc) is 3.06. The average molecular weight is 365 g/mol. The highest BCUT2D eigenvalue weighted by molar-refractivity contribution is 5.82. The molecule has 136 valence electrons. The van der Waals surface area contributed by atoms with E-state index in [1.54, 1.807) is 7.11 Å². The SMILES string of the molecule is COc1c(C)cc(-c2ccc3nc(-c4cc(F)ccc4F)oc3c2)cc1C. The first kappa shape index (κ1) is 17.2. The molecule has 0 bridgehead atoms. The van der Waals surface area contributed by atoms with Crippen LogP contribution in [0.4, 0.5) is 8.78 Å². The van der Waals surface area contributed by atoms with Gasteiger partial charge in [0, 0.05) is 0 Å². The van der Waals surface area contributed by atoms with E-state index < -0.39 is 11.6 Å². The Labute approximate surface area is 155 Å². The summed E-state index contributed by atoms with van der Waals surface area (Å²) >= 11 is 0. The van der Waals surface area contributed by atoms with Gasteiger partial charge in [-0.2, -0.15) is 0 Å². The first-order valence-electron chi connectivity index (χ1n) is 8.48. The molecule has 27 heavy (non-hydrogen) atoms. The van der Waals surface area contributed by atoms with E-state index in [-0.39, 0.29) is 11.5 Å². The topological polar surface area (TPSA) is 35.3 Å². The van der Waals surface area contributed by atoms with Crippen LogP contribution in [0.2, 0.25) is 0 Å². The highest BCUT2D eigenvalue weighted by Crippen LogP contribution is 2.33. The maximum Gasteiger partial charge on any atom is 0.230 e. The third kappa shape index (κ3) is 3.05. The van der Waals surface area contributed by atoms with Gasteiger partial charge in [0.15, 0.2) is 5.58 Å². The lowest BCUT2D eigenvalue weighted by Crippen LogP contribution is -1.92. The minimum absolute atomic E-state index is 0.00360. The molecule has 0 spiro atoms. The Morgan fingerprint density at radius 3 is 2.33 bits per heavy atom. The second kappa shape index (κ2) is 6.50. The van der Waals surface area contributed by atoms with Gasteiger partial charge in [0.2, 0.25) is 5.89 Å². The van der Waals surface area contributed by atoms with Crippen molar-refractivity contribution in [3.05, 3.63) is 71.3 Å². The van der Waals surface area contributed by atoms with Crippen molar-refractivity contribution in [1.82, 2.24) is 4.98 Å². The number of aromatic nitrogens is 1. The summed E-state index contributed by atoms with van der Waals surface area (Å²) in [6.07, 6.45) is 0. The van der Waals surface area contributed by atoms with Crippen molar-refractivity contribution in [1.29, 1.82) is 0 Å². The molecule has 0 unspecified atom stereocenters. The smallest absolute Gasteiger partial charge is 0.230 e. The molecule has 0 aliphatic carbocycles. The van der Waals surface area contributed by atoms with E-state index in [1.165, 1.54) is 0 Å². The van der Waals surface area contributed by atoms with Crippen LogP contribution in [0, 0.1) is 25.5 Å². The monoisotopic (exact) mass is 365 g/mol. The first-order valence-corrected chi connectivity index (χ1v) is 8.48. The Balaban J connectivity index is 1.81. The molecular formula is C22H17F2NO2. The lowest BCUT2D eigenvalue weighted by molar-refractivity contribution is 0.408. The van der Waals surface area contributed by atoms with Crippen molar-refractivity contribution < 1.29 is 17.9 Å². The van der Waals surface area contributed by atoms with E-state index in [9.17, 15) is 8.78 Å². The maximum absolute atomic E-state index is 14.0. The fraction of sp³-hybridized carbons (Fsp3) is 0.136. The van der Waals surface area contributed by atoms with E-state index in [4.69, 9.17) is 9.15 Å². The van der Waals surface area contributed by atoms with Gasteiger partial charge < -0.3 is 9.15 Å². The largest absolute Gasteiger partial charge is 0.496 e. The molecule has 0 radical (unpaired) electrons. The zero-order valence-electron chi connectivity index (χ0n) is 15.1. The minimum atomic E-state index is -0.579. The molecule has 0 atom stereocenters. The summed E-state index contributed by atoms with van der Waals surface area (Å²) in [5.74, 6) is -0.201. The summed E-state index contributed by atoms with van der Waals surface area (Å²) in [7, 11) is 1.66. The third-order valence-electron chi connectivity index (χ3n) is 4.55. The van der Waals surface area contributed by atoms with Crippen LogP contribution in [-0.4, -0.2) is 12.1 Å². The van der Waals surface area contributed by atoms with Crippen LogP contribution >= 0.6 is 0 Å². The van der Waals surface area contributed by atoms with Gasteiger partial charge in [-0.25, -0.2) is 13.8 Å². The van der Waals surface area contributed by atoms with E-state index in [0.29, 0.717) is 11.1 Å². The molecule has 4 aromatic rings. The molecule has 5 heteroatoms. The molecule has 1 heterocycles. The number of halogens is 2. The van der Waals surface area contributed by atoms with E-state index in [2.05, 4.69) is 4.98 Å². The van der Waals surface area contributed by atoms with Gasteiger partial charge in [0.25, 0.3) is 0 Å². The molecule has 3 aromatic carbocycles. The Hall–Kier alpha value is -3.21. The molecule has 0 saturated carbocycles. The molecule has 0 aliphatic heterocycles. The van der Waals surface area contributed by atoms with E-state index in [1.807, 2.05) is 44.2 Å². The van der Waals surface area contributed by atoms with Crippen LogP contribution in [0.5, 0.6) is 5.75 Å². The predicted molar refractivity (Wildman–Crippen MR) is 101 cm³/mol. The number of rotatable bonds is 3. The second-order valence-corrected chi connectivity index (χ2v) is 6.47. The summed E-state index contributed by atoms with van der Waals surface area (Å²) < 4.78 is 38.6. The van der Waals surface area contributed by atoms with Crippen LogP contribution in [0.1, 0.15) is 11.1 Å². The third-order valence-corrected chi connectivity index (χ3v) is 4.55. The molecule has 0 fully saturated rings. The maximum atomic E-state index is 14.0. The standard InChI is InChI=1S/C22H17F2NO2/c1-12-8-15(9-13(2)21(12)26-3)14-4-7-19-20(10-14)27-22(25-19)17-11-16(23)5-6-18(17)24/h4-11H,1-3H3. The van der Waals surface area contributed by atoms with Crippen molar-refractivity contribution in [2.24, 2.45) is 0 Å². The zero-order chi connectivity index (χ0) is 19.1. The zero-order valence-corrected chi connectivity index (χ0v) is 15.1. The van der Waals surface area contributed by atoms with Crippen molar-refractivity contribution in [2.45, 2.75) is 13.8 Å². The number of aryl methyl sites for hydroxylation is 2. The summed E-state index contributed by atoms with van der Waals surface area (Å²) in [5.41, 5.74) is 5.13. The highest BCUT2D eigenvalue weighted by atomic mass is 19.1. The molecule has 0 N–H and O–H groups in total. The Morgan fingerprint density at radius 2 is 1.63 bits per heavy atom. The van der Waals surface area contributed by atoms with Crippen molar-refractivity contribution in [3.8, 4) is 28.3 Å². The number of fused-ring (bicyclic) bond motifs is 1. The summed E-state index contributed by atoms with van der Waals surface area (Å²) in [6.45, 7) is 3.99. The van der Waals surface area contributed by atoms with Crippen LogP contribution in [0.15, 0.2) is 52.9 Å². The number of oxazole rings is 1. The first-order chi connectivity index (χ1) is 13.0. The molecule has 0 saturated heterocycles. The van der Waals surface area contributed by atoms with Crippen molar-refractivity contribution in [2.75, 3.05) is 7.11 Å². The van der Waals surface area contributed by atoms with Crippen LogP contribution in [0.25, 0.3) is 33.7 Å². The highest BCUT2D eigenvalue weighted by Gasteiger charge is 2.15. The van der Waals surface area contributed by atoms with Crippen LogP contribution in [-0.2, 0) is 0 Å². The summed E-state index contributed by atoms with van der Waals surface area (Å²) in [5, 5.41) is 0. The van der Waals surface area contributed by atoms with Gasteiger partial charge in [-0.1, -0.05) is 6.07 Å². The Morgan fingerprint density at radius 1 is 0.889 bits per heavy atom. The normalized spacial score (nSPS) is 11.1. The van der Waals surface area contributed by atoms with Crippen LogP contribution in [0.3, 0.4) is 0 Å². The summed E-state index contributed by atoms with van der Waals surface area (Å²) in [4.78, 5) is 4.29. The lowest BCUT2D eigenvalue weighted by atomic mass is 9.99. The number of methoxy groups -OCH3 is 1. The molecule has 1 aromatic heterocycles. The molecule has 0 amide bonds. The van der Waals surface area contributed by atoms with Crippen molar-refractivity contribution >= 4 is 11.1 Å².